The van der Waals surface area contributed by atoms with Crippen molar-refractivity contribution in [3.8, 4) is 5.75 Å². The Labute approximate surface area is 117 Å². The second-order valence-electron chi connectivity index (χ2n) is 4.17. The molecule has 0 aromatic heterocycles. The van der Waals surface area contributed by atoms with E-state index in [0.29, 0.717) is 5.69 Å². The normalized spacial score (nSPS) is 12.1. The number of nitrogens with two attached hydrogens (primary N) is 1. The van der Waals surface area contributed by atoms with Crippen molar-refractivity contribution in [2.75, 3.05) is 18.6 Å². The number of nitrogen functional groups attached to an aromatic ring is 1. The van der Waals surface area contributed by atoms with Crippen LogP contribution in [0, 0.1) is 0 Å². The van der Waals surface area contributed by atoms with E-state index in [4.69, 9.17) is 10.5 Å². The number of ether oxygens (including phenoxy) is 1. The molecule has 0 saturated carbocycles. The minimum atomic E-state index is -0.677. The van der Waals surface area contributed by atoms with Gasteiger partial charge in [-0.15, -0.1) is 11.8 Å². The van der Waals surface area contributed by atoms with Gasteiger partial charge in [-0.05, 0) is 48.2 Å². The molecular weight excluding hydrogens is 258 g/mol. The fraction of sp³-hybridized carbons (Fsp3) is 0.200. The molecule has 0 heterocycles. The van der Waals surface area contributed by atoms with Crippen molar-refractivity contribution in [3.05, 3.63) is 54.1 Å². The zero-order chi connectivity index (χ0) is 13.7. The molecule has 0 aliphatic heterocycles. The number of aliphatic hydroxyl groups is 1. The molecule has 2 aromatic carbocycles. The molecule has 100 valence electrons. The molecule has 0 aliphatic rings. The lowest BCUT2D eigenvalue weighted by molar-refractivity contribution is 0.108. The molecule has 0 radical (unpaired) electrons. The van der Waals surface area contributed by atoms with Gasteiger partial charge in [0, 0.05) is 10.6 Å². The van der Waals surface area contributed by atoms with Crippen LogP contribution in [0.2, 0.25) is 0 Å². The molecule has 2 aromatic rings. The summed E-state index contributed by atoms with van der Waals surface area (Å²) in [5.74, 6) is 0.751. The Hall–Kier alpha value is -1.65. The van der Waals surface area contributed by atoms with Gasteiger partial charge in [0.05, 0.1) is 0 Å². The van der Waals surface area contributed by atoms with Gasteiger partial charge in [-0.2, -0.15) is 0 Å². The highest BCUT2D eigenvalue weighted by atomic mass is 32.2. The topological polar surface area (TPSA) is 55.5 Å². The largest absolute Gasteiger partial charge is 0.491 e. The molecule has 0 amide bonds. The van der Waals surface area contributed by atoms with E-state index in [-0.39, 0.29) is 6.61 Å². The van der Waals surface area contributed by atoms with Gasteiger partial charge in [0.15, 0.2) is 0 Å². The van der Waals surface area contributed by atoms with Crippen molar-refractivity contribution in [1.82, 2.24) is 0 Å². The summed E-state index contributed by atoms with van der Waals surface area (Å²) in [4.78, 5) is 1.18. The Kier molecular flexibility index (Phi) is 4.71. The van der Waals surface area contributed by atoms with E-state index < -0.39 is 6.10 Å². The van der Waals surface area contributed by atoms with Crippen molar-refractivity contribution in [2.45, 2.75) is 11.0 Å². The molecule has 0 spiro atoms. The molecule has 1 atom stereocenters. The SMILES string of the molecule is CSc1ccc(OCC(O)c2cccc(N)c2)cc1. The lowest BCUT2D eigenvalue weighted by Crippen LogP contribution is -2.09. The summed E-state index contributed by atoms with van der Waals surface area (Å²) in [6.45, 7) is 0.210. The maximum Gasteiger partial charge on any atom is 0.119 e. The molecule has 1 unspecified atom stereocenters. The summed E-state index contributed by atoms with van der Waals surface area (Å²) in [5, 5.41) is 10.0. The molecule has 4 heteroatoms. The Morgan fingerprint density at radius 2 is 1.95 bits per heavy atom. The fourth-order valence-corrected chi connectivity index (χ4v) is 2.12. The van der Waals surface area contributed by atoms with Crippen LogP contribution in [0.15, 0.2) is 53.4 Å². The van der Waals surface area contributed by atoms with Crippen LogP contribution < -0.4 is 10.5 Å². The monoisotopic (exact) mass is 275 g/mol. The van der Waals surface area contributed by atoms with Gasteiger partial charge in [-0.3, -0.25) is 0 Å². The number of rotatable bonds is 5. The summed E-state index contributed by atoms with van der Waals surface area (Å²) in [6, 6.07) is 15.0. The maximum atomic E-state index is 10.0. The van der Waals surface area contributed by atoms with Gasteiger partial charge >= 0.3 is 0 Å². The number of hydrogen-bond donors (Lipinski definition) is 2. The molecule has 0 aliphatic carbocycles. The Morgan fingerprint density at radius 1 is 1.21 bits per heavy atom. The number of benzene rings is 2. The summed E-state index contributed by atoms with van der Waals surface area (Å²) < 4.78 is 5.56. The number of thioether (sulfide) groups is 1. The highest BCUT2D eigenvalue weighted by Crippen LogP contribution is 2.21. The minimum absolute atomic E-state index is 0.210. The molecule has 0 bridgehead atoms. The zero-order valence-corrected chi connectivity index (χ0v) is 11.6. The average Bonchev–Trinajstić information content (AvgIpc) is 2.45. The zero-order valence-electron chi connectivity index (χ0n) is 10.7. The fourth-order valence-electron chi connectivity index (χ4n) is 1.71. The van der Waals surface area contributed by atoms with Gasteiger partial charge in [0.2, 0.25) is 0 Å². The summed E-state index contributed by atoms with van der Waals surface area (Å²) >= 11 is 1.68. The van der Waals surface area contributed by atoms with E-state index in [0.717, 1.165) is 11.3 Å². The van der Waals surface area contributed by atoms with E-state index in [2.05, 4.69) is 0 Å². The average molecular weight is 275 g/mol. The predicted molar refractivity (Wildman–Crippen MR) is 79.5 cm³/mol. The Bertz CT molecular complexity index is 528. The third-order valence-corrected chi connectivity index (χ3v) is 3.51. The van der Waals surface area contributed by atoms with E-state index in [1.54, 1.807) is 23.9 Å². The number of anilines is 1. The standard InChI is InChI=1S/C15H17NO2S/c1-19-14-7-5-13(6-8-14)18-10-15(17)11-3-2-4-12(16)9-11/h2-9,15,17H,10,16H2,1H3. The summed E-state index contributed by atoms with van der Waals surface area (Å²) in [5.41, 5.74) is 7.09. The first-order chi connectivity index (χ1) is 9.19. The second-order valence-corrected chi connectivity index (χ2v) is 5.05. The first-order valence-electron chi connectivity index (χ1n) is 5.99. The first kappa shape index (κ1) is 13.8. The molecule has 3 nitrogen and oxygen atoms in total. The van der Waals surface area contributed by atoms with E-state index in [1.807, 2.05) is 42.7 Å². The van der Waals surface area contributed by atoms with Gasteiger partial charge in [-0.25, -0.2) is 0 Å². The molecule has 0 saturated heterocycles. The van der Waals surface area contributed by atoms with E-state index in [1.165, 1.54) is 4.90 Å². The van der Waals surface area contributed by atoms with Gasteiger partial charge in [-0.1, -0.05) is 12.1 Å². The van der Waals surface area contributed by atoms with Crippen molar-refractivity contribution in [1.29, 1.82) is 0 Å². The smallest absolute Gasteiger partial charge is 0.119 e. The van der Waals surface area contributed by atoms with Gasteiger partial charge in [0.25, 0.3) is 0 Å². The molecular formula is C15H17NO2S. The molecule has 0 fully saturated rings. The van der Waals surface area contributed by atoms with Crippen LogP contribution in [0.1, 0.15) is 11.7 Å². The highest BCUT2D eigenvalue weighted by Gasteiger charge is 2.08. The highest BCUT2D eigenvalue weighted by molar-refractivity contribution is 7.98. The van der Waals surface area contributed by atoms with Crippen LogP contribution in [0.25, 0.3) is 0 Å². The predicted octanol–water partition coefficient (Wildman–Crippen LogP) is 3.10. The summed E-state index contributed by atoms with van der Waals surface area (Å²) in [6.07, 6.45) is 1.35. The molecule has 3 N–H and O–H groups in total. The maximum absolute atomic E-state index is 10.0. The van der Waals surface area contributed by atoms with Gasteiger partial charge < -0.3 is 15.6 Å². The first-order valence-corrected chi connectivity index (χ1v) is 7.22. The Balaban J connectivity index is 1.94. The van der Waals surface area contributed by atoms with Crippen LogP contribution >= 0.6 is 11.8 Å². The molecule has 2 rings (SSSR count). The lowest BCUT2D eigenvalue weighted by atomic mass is 10.1. The van der Waals surface area contributed by atoms with Crippen LogP contribution in [0.4, 0.5) is 5.69 Å². The van der Waals surface area contributed by atoms with E-state index in [9.17, 15) is 5.11 Å². The number of hydrogen-bond acceptors (Lipinski definition) is 4. The summed E-state index contributed by atoms with van der Waals surface area (Å²) in [7, 11) is 0. The number of aliphatic hydroxyl groups excluding tert-OH is 1. The van der Waals surface area contributed by atoms with E-state index >= 15 is 0 Å². The quantitative estimate of drug-likeness (QED) is 0.650. The van der Waals surface area contributed by atoms with Gasteiger partial charge in [0.1, 0.15) is 18.5 Å². The van der Waals surface area contributed by atoms with Crippen molar-refractivity contribution in [3.63, 3.8) is 0 Å². The second kappa shape index (κ2) is 6.50. The third kappa shape index (κ3) is 3.91. The van der Waals surface area contributed by atoms with Crippen molar-refractivity contribution < 1.29 is 9.84 Å². The third-order valence-electron chi connectivity index (χ3n) is 2.76. The van der Waals surface area contributed by atoms with Crippen LogP contribution in [0.3, 0.4) is 0 Å². The van der Waals surface area contributed by atoms with Crippen LogP contribution in [0.5, 0.6) is 5.75 Å². The van der Waals surface area contributed by atoms with Crippen molar-refractivity contribution >= 4 is 17.4 Å². The van der Waals surface area contributed by atoms with Crippen LogP contribution in [-0.4, -0.2) is 18.0 Å². The van der Waals surface area contributed by atoms with Crippen molar-refractivity contribution in [2.24, 2.45) is 0 Å². The molecule has 19 heavy (non-hydrogen) atoms. The minimum Gasteiger partial charge on any atom is -0.491 e. The Morgan fingerprint density at radius 3 is 2.58 bits per heavy atom. The van der Waals surface area contributed by atoms with Crippen LogP contribution in [-0.2, 0) is 0 Å². The lowest BCUT2D eigenvalue weighted by Gasteiger charge is -2.13.